The summed E-state index contributed by atoms with van der Waals surface area (Å²) in [5.74, 6) is 2.80. The fourth-order valence-corrected chi connectivity index (χ4v) is 3.13. The first kappa shape index (κ1) is 15.0. The molecule has 2 fully saturated rings. The molecule has 0 bridgehead atoms. The maximum absolute atomic E-state index is 9.96. The largest absolute Gasteiger partial charge is 0.389 e. The Labute approximate surface area is 127 Å². The van der Waals surface area contributed by atoms with Crippen molar-refractivity contribution in [1.29, 1.82) is 0 Å². The lowest BCUT2D eigenvalue weighted by Gasteiger charge is -2.18. The van der Waals surface area contributed by atoms with Crippen molar-refractivity contribution >= 4 is 0 Å². The van der Waals surface area contributed by atoms with Gasteiger partial charge in [0.25, 0.3) is 0 Å². The highest BCUT2D eigenvalue weighted by Gasteiger charge is 2.40. The molecule has 2 saturated carbocycles. The van der Waals surface area contributed by atoms with Crippen LogP contribution in [0.4, 0.5) is 0 Å². The molecule has 3 nitrogen and oxygen atoms in total. The first-order chi connectivity index (χ1) is 10.3. The second-order valence-corrected chi connectivity index (χ2v) is 6.65. The van der Waals surface area contributed by atoms with E-state index in [0.717, 1.165) is 29.9 Å². The van der Waals surface area contributed by atoms with Crippen LogP contribution in [0.5, 0.6) is 0 Å². The Bertz CT molecular complexity index is 402. The van der Waals surface area contributed by atoms with E-state index in [2.05, 4.69) is 5.32 Å². The predicted octanol–water partition coefficient (Wildman–Crippen LogP) is 2.59. The van der Waals surface area contributed by atoms with Crippen LogP contribution in [0.25, 0.3) is 0 Å². The van der Waals surface area contributed by atoms with E-state index in [9.17, 15) is 5.11 Å². The zero-order valence-corrected chi connectivity index (χ0v) is 12.7. The summed E-state index contributed by atoms with van der Waals surface area (Å²) in [6.07, 6.45) is 5.28. The molecular weight excluding hydrogens is 262 g/mol. The molecule has 0 amide bonds. The molecule has 3 heteroatoms. The standard InChI is InChI=1S/C18H27NO2/c20-17(13-21-12-14-4-2-1-3-5-14)10-19-11-18(15-6-7-15)16-8-9-16/h1-5,15-20H,6-13H2. The minimum atomic E-state index is -0.409. The van der Waals surface area contributed by atoms with Crippen LogP contribution >= 0.6 is 0 Å². The fraction of sp³-hybridized carbons (Fsp3) is 0.667. The van der Waals surface area contributed by atoms with Gasteiger partial charge in [0, 0.05) is 6.54 Å². The summed E-state index contributed by atoms with van der Waals surface area (Å²) in [6, 6.07) is 10.1. The zero-order valence-electron chi connectivity index (χ0n) is 12.7. The van der Waals surface area contributed by atoms with Gasteiger partial charge in [0.2, 0.25) is 0 Å². The van der Waals surface area contributed by atoms with E-state index < -0.39 is 6.10 Å². The third-order valence-electron chi connectivity index (χ3n) is 4.64. The zero-order chi connectivity index (χ0) is 14.5. The van der Waals surface area contributed by atoms with E-state index in [1.807, 2.05) is 30.3 Å². The van der Waals surface area contributed by atoms with Gasteiger partial charge in [0.05, 0.1) is 19.3 Å². The Morgan fingerprint density at radius 2 is 1.71 bits per heavy atom. The third kappa shape index (κ3) is 5.10. The molecule has 0 heterocycles. The van der Waals surface area contributed by atoms with Gasteiger partial charge in [-0.1, -0.05) is 30.3 Å². The molecule has 0 aromatic heterocycles. The molecule has 2 N–H and O–H groups in total. The molecule has 0 spiro atoms. The van der Waals surface area contributed by atoms with E-state index >= 15 is 0 Å². The highest BCUT2D eigenvalue weighted by molar-refractivity contribution is 5.13. The minimum absolute atomic E-state index is 0.402. The fourth-order valence-electron chi connectivity index (χ4n) is 3.13. The van der Waals surface area contributed by atoms with Crippen LogP contribution in [0.3, 0.4) is 0 Å². The Kier molecular flexibility index (Phi) is 5.28. The summed E-state index contributed by atoms with van der Waals surface area (Å²) in [6.45, 7) is 2.69. The lowest BCUT2D eigenvalue weighted by molar-refractivity contribution is 0.0283. The number of aliphatic hydroxyl groups excluding tert-OH is 1. The van der Waals surface area contributed by atoms with Gasteiger partial charge in [0.1, 0.15) is 0 Å². The van der Waals surface area contributed by atoms with E-state index in [4.69, 9.17) is 4.74 Å². The van der Waals surface area contributed by atoms with Crippen molar-refractivity contribution in [3.8, 4) is 0 Å². The van der Waals surface area contributed by atoms with Gasteiger partial charge in [-0.05, 0) is 55.5 Å². The molecule has 1 atom stereocenters. The first-order valence-corrected chi connectivity index (χ1v) is 8.33. The molecule has 116 valence electrons. The number of nitrogens with one attached hydrogen (secondary N) is 1. The molecule has 0 aliphatic heterocycles. The summed E-state index contributed by atoms with van der Waals surface area (Å²) in [5.41, 5.74) is 1.15. The van der Waals surface area contributed by atoms with Gasteiger partial charge >= 0.3 is 0 Å². The smallest absolute Gasteiger partial charge is 0.0897 e. The molecule has 3 rings (SSSR count). The van der Waals surface area contributed by atoms with Crippen LogP contribution in [0.1, 0.15) is 31.2 Å². The molecule has 1 aromatic rings. The Morgan fingerprint density at radius 3 is 2.33 bits per heavy atom. The number of rotatable bonds is 10. The van der Waals surface area contributed by atoms with Crippen LogP contribution in [0, 0.1) is 17.8 Å². The number of hydrogen-bond donors (Lipinski definition) is 2. The number of hydrogen-bond acceptors (Lipinski definition) is 3. The lowest BCUT2D eigenvalue weighted by Crippen LogP contribution is -2.34. The summed E-state index contributed by atoms with van der Waals surface area (Å²) < 4.78 is 5.57. The van der Waals surface area contributed by atoms with Crippen LogP contribution in [-0.2, 0) is 11.3 Å². The summed E-state index contributed by atoms with van der Waals surface area (Å²) in [4.78, 5) is 0. The molecule has 1 unspecified atom stereocenters. The van der Waals surface area contributed by atoms with Gasteiger partial charge in [0.15, 0.2) is 0 Å². The Balaban J connectivity index is 1.26. The van der Waals surface area contributed by atoms with E-state index in [1.54, 1.807) is 0 Å². The highest BCUT2D eigenvalue weighted by atomic mass is 16.5. The topological polar surface area (TPSA) is 41.5 Å². The van der Waals surface area contributed by atoms with Gasteiger partial charge in [-0.25, -0.2) is 0 Å². The van der Waals surface area contributed by atoms with Crippen molar-refractivity contribution in [3.63, 3.8) is 0 Å². The van der Waals surface area contributed by atoms with E-state index in [-0.39, 0.29) is 0 Å². The quantitative estimate of drug-likeness (QED) is 0.695. The van der Waals surface area contributed by atoms with Crippen LogP contribution in [0.15, 0.2) is 30.3 Å². The first-order valence-electron chi connectivity index (χ1n) is 8.33. The van der Waals surface area contributed by atoms with Crippen molar-refractivity contribution in [3.05, 3.63) is 35.9 Å². The molecule has 21 heavy (non-hydrogen) atoms. The van der Waals surface area contributed by atoms with Crippen LogP contribution in [0.2, 0.25) is 0 Å². The van der Waals surface area contributed by atoms with Crippen LogP contribution < -0.4 is 5.32 Å². The molecule has 0 saturated heterocycles. The van der Waals surface area contributed by atoms with Gasteiger partial charge in [-0.15, -0.1) is 0 Å². The van der Waals surface area contributed by atoms with Gasteiger partial charge in [-0.2, -0.15) is 0 Å². The molecule has 2 aliphatic carbocycles. The highest BCUT2D eigenvalue weighted by Crippen LogP contribution is 2.48. The Hall–Kier alpha value is -0.900. The van der Waals surface area contributed by atoms with Crippen molar-refractivity contribution in [2.24, 2.45) is 17.8 Å². The lowest BCUT2D eigenvalue weighted by atomic mass is 9.98. The second kappa shape index (κ2) is 7.39. The van der Waals surface area contributed by atoms with Gasteiger partial charge < -0.3 is 15.2 Å². The maximum Gasteiger partial charge on any atom is 0.0897 e. The van der Waals surface area contributed by atoms with E-state index in [0.29, 0.717) is 19.8 Å². The number of ether oxygens (including phenoxy) is 1. The predicted molar refractivity (Wildman–Crippen MR) is 83.9 cm³/mol. The van der Waals surface area contributed by atoms with Crippen LogP contribution in [-0.4, -0.2) is 30.9 Å². The van der Waals surface area contributed by atoms with Crippen molar-refractivity contribution < 1.29 is 9.84 Å². The normalized spacial score (nSPS) is 19.9. The monoisotopic (exact) mass is 289 g/mol. The molecular formula is C18H27NO2. The average Bonchev–Trinajstić information content (AvgIpc) is 3.39. The summed E-state index contributed by atoms with van der Waals surface area (Å²) in [7, 11) is 0. The average molecular weight is 289 g/mol. The number of aliphatic hydroxyl groups is 1. The van der Waals surface area contributed by atoms with E-state index in [1.165, 1.54) is 25.7 Å². The minimum Gasteiger partial charge on any atom is -0.389 e. The summed E-state index contributed by atoms with van der Waals surface area (Å²) >= 11 is 0. The summed E-state index contributed by atoms with van der Waals surface area (Å²) in [5, 5.41) is 13.4. The molecule has 1 aromatic carbocycles. The maximum atomic E-state index is 9.96. The molecule has 2 aliphatic rings. The number of benzene rings is 1. The molecule has 0 radical (unpaired) electrons. The van der Waals surface area contributed by atoms with Crippen molar-refractivity contribution in [1.82, 2.24) is 5.32 Å². The Morgan fingerprint density at radius 1 is 1.05 bits per heavy atom. The van der Waals surface area contributed by atoms with Gasteiger partial charge in [-0.3, -0.25) is 0 Å². The second-order valence-electron chi connectivity index (χ2n) is 6.65. The third-order valence-corrected chi connectivity index (χ3v) is 4.64. The van der Waals surface area contributed by atoms with Crippen molar-refractivity contribution in [2.45, 2.75) is 38.4 Å². The van der Waals surface area contributed by atoms with Crippen molar-refractivity contribution in [2.75, 3.05) is 19.7 Å². The SMILES string of the molecule is OC(CNCC(C1CC1)C1CC1)COCc1ccccc1.